The minimum Gasteiger partial charge on any atom is -0.370 e. The van der Waals surface area contributed by atoms with E-state index in [-0.39, 0.29) is 11.7 Å². The summed E-state index contributed by atoms with van der Waals surface area (Å²) in [6.45, 7) is 0.934. The van der Waals surface area contributed by atoms with Gasteiger partial charge in [0.25, 0.3) is 9.84 Å². The summed E-state index contributed by atoms with van der Waals surface area (Å²) in [4.78, 5) is 1.01. The number of para-hydroxylation sites is 1. The summed E-state index contributed by atoms with van der Waals surface area (Å²) in [6.07, 6.45) is 4.89. The van der Waals surface area contributed by atoms with Crippen molar-refractivity contribution in [1.29, 1.82) is 0 Å². The fourth-order valence-corrected chi connectivity index (χ4v) is 3.92. The first kappa shape index (κ1) is 16.8. The van der Waals surface area contributed by atoms with Gasteiger partial charge < -0.3 is 4.90 Å². The number of piperidine rings is 1. The second kappa shape index (κ2) is 6.12. The molecule has 1 saturated heterocycles. The Labute approximate surface area is 137 Å². The van der Waals surface area contributed by atoms with Crippen molar-refractivity contribution >= 4 is 15.5 Å². The molecule has 1 aliphatic rings. The van der Waals surface area contributed by atoms with E-state index in [1.54, 1.807) is 17.2 Å². The van der Waals surface area contributed by atoms with Gasteiger partial charge in [0.05, 0.1) is 16.6 Å². The van der Waals surface area contributed by atoms with Crippen molar-refractivity contribution in [3.63, 3.8) is 0 Å². The van der Waals surface area contributed by atoms with Crippen LogP contribution in [-0.4, -0.2) is 36.8 Å². The average Bonchev–Trinajstić information content (AvgIpc) is 3.08. The van der Waals surface area contributed by atoms with Crippen LogP contribution in [-0.2, 0) is 9.84 Å². The van der Waals surface area contributed by atoms with Crippen LogP contribution < -0.4 is 4.90 Å². The molecular weight excluding hydrogens is 343 g/mol. The maximum Gasteiger partial charge on any atom is 0.501 e. The molecule has 0 spiro atoms. The van der Waals surface area contributed by atoms with Gasteiger partial charge in [0.15, 0.2) is 0 Å². The molecule has 0 saturated carbocycles. The lowest BCUT2D eigenvalue weighted by molar-refractivity contribution is -0.0435. The smallest absolute Gasteiger partial charge is 0.370 e. The van der Waals surface area contributed by atoms with Gasteiger partial charge in [-0.3, -0.25) is 4.68 Å². The number of alkyl halides is 3. The Bertz CT molecular complexity index is 796. The second-order valence-corrected chi connectivity index (χ2v) is 7.53. The molecule has 0 amide bonds. The van der Waals surface area contributed by atoms with Crippen molar-refractivity contribution in [3.05, 3.63) is 42.7 Å². The predicted molar refractivity (Wildman–Crippen MR) is 82.4 cm³/mol. The molecule has 0 bridgehead atoms. The highest BCUT2D eigenvalue weighted by Gasteiger charge is 2.48. The van der Waals surface area contributed by atoms with E-state index in [0.717, 1.165) is 6.07 Å². The molecule has 0 aliphatic carbocycles. The van der Waals surface area contributed by atoms with Gasteiger partial charge in [0.1, 0.15) is 0 Å². The van der Waals surface area contributed by atoms with Crippen molar-refractivity contribution in [2.75, 3.05) is 18.0 Å². The lowest BCUT2D eigenvalue weighted by atomic mass is 10.0. The number of benzene rings is 1. The maximum atomic E-state index is 12.9. The van der Waals surface area contributed by atoms with Gasteiger partial charge in [-0.15, -0.1) is 0 Å². The van der Waals surface area contributed by atoms with Crippen molar-refractivity contribution in [3.8, 4) is 0 Å². The highest BCUT2D eigenvalue weighted by Crippen LogP contribution is 2.37. The summed E-state index contributed by atoms with van der Waals surface area (Å²) >= 11 is 0. The summed E-state index contributed by atoms with van der Waals surface area (Å²) < 4.78 is 64.1. The molecule has 130 valence electrons. The van der Waals surface area contributed by atoms with E-state index in [0.29, 0.717) is 25.9 Å². The summed E-state index contributed by atoms with van der Waals surface area (Å²) in [5, 5.41) is 4.18. The lowest BCUT2D eigenvalue weighted by Crippen LogP contribution is -2.36. The summed E-state index contributed by atoms with van der Waals surface area (Å²) in [7, 11) is -5.37. The Kier molecular flexibility index (Phi) is 4.29. The first-order valence-corrected chi connectivity index (χ1v) is 8.93. The largest absolute Gasteiger partial charge is 0.501 e. The summed E-state index contributed by atoms with van der Waals surface area (Å²) in [5.74, 6) is 0. The molecule has 1 aromatic heterocycles. The van der Waals surface area contributed by atoms with Crippen LogP contribution >= 0.6 is 0 Å². The Morgan fingerprint density at radius 3 is 2.33 bits per heavy atom. The average molecular weight is 359 g/mol. The minimum atomic E-state index is -5.37. The molecule has 2 heterocycles. The molecule has 0 radical (unpaired) electrons. The second-order valence-electron chi connectivity index (χ2n) is 5.62. The summed E-state index contributed by atoms with van der Waals surface area (Å²) in [6, 6.07) is 7.27. The van der Waals surface area contributed by atoms with Gasteiger partial charge in [-0.05, 0) is 31.0 Å². The first-order chi connectivity index (χ1) is 11.3. The molecule has 1 aliphatic heterocycles. The Morgan fingerprint density at radius 2 is 1.75 bits per heavy atom. The number of hydrogen-bond donors (Lipinski definition) is 0. The van der Waals surface area contributed by atoms with Crippen LogP contribution in [0.4, 0.5) is 18.9 Å². The molecular formula is C15H16F3N3O2S. The van der Waals surface area contributed by atoms with Crippen LogP contribution in [0.1, 0.15) is 18.9 Å². The Hall–Kier alpha value is -2.03. The van der Waals surface area contributed by atoms with E-state index in [2.05, 4.69) is 5.10 Å². The number of anilines is 1. The van der Waals surface area contributed by atoms with E-state index >= 15 is 0 Å². The maximum absolute atomic E-state index is 12.9. The normalized spacial score (nSPS) is 17.2. The van der Waals surface area contributed by atoms with Crippen LogP contribution in [0.15, 0.2) is 47.6 Å². The highest BCUT2D eigenvalue weighted by molar-refractivity contribution is 7.92. The molecule has 0 atom stereocenters. The van der Waals surface area contributed by atoms with Gasteiger partial charge in [0, 0.05) is 25.5 Å². The Balaban J connectivity index is 1.85. The van der Waals surface area contributed by atoms with Gasteiger partial charge >= 0.3 is 5.51 Å². The molecule has 24 heavy (non-hydrogen) atoms. The SMILES string of the molecule is O=S(=O)(c1ccccc1N1CCC(n2cccn2)CC1)C(F)(F)F. The van der Waals surface area contributed by atoms with Crippen molar-refractivity contribution < 1.29 is 21.6 Å². The quantitative estimate of drug-likeness (QED) is 0.845. The molecule has 0 unspecified atom stereocenters. The van der Waals surface area contributed by atoms with E-state index in [1.165, 1.54) is 12.1 Å². The fraction of sp³-hybridized carbons (Fsp3) is 0.400. The molecule has 2 aromatic rings. The molecule has 1 aromatic carbocycles. The van der Waals surface area contributed by atoms with E-state index in [1.807, 2.05) is 16.9 Å². The third-order valence-electron chi connectivity index (χ3n) is 4.16. The van der Waals surface area contributed by atoms with Crippen LogP contribution in [0.5, 0.6) is 0 Å². The van der Waals surface area contributed by atoms with Crippen LogP contribution in [0.25, 0.3) is 0 Å². The number of nitrogens with zero attached hydrogens (tertiary/aromatic N) is 3. The van der Waals surface area contributed by atoms with Crippen molar-refractivity contribution in [1.82, 2.24) is 9.78 Å². The molecule has 3 rings (SSSR count). The number of sulfone groups is 1. The van der Waals surface area contributed by atoms with Crippen molar-refractivity contribution in [2.45, 2.75) is 29.3 Å². The molecule has 9 heteroatoms. The zero-order valence-electron chi connectivity index (χ0n) is 12.6. The topological polar surface area (TPSA) is 55.2 Å². The number of halogens is 3. The lowest BCUT2D eigenvalue weighted by Gasteiger charge is -2.34. The number of aromatic nitrogens is 2. The van der Waals surface area contributed by atoms with E-state index < -0.39 is 20.2 Å². The highest BCUT2D eigenvalue weighted by atomic mass is 32.2. The number of rotatable bonds is 3. The van der Waals surface area contributed by atoms with Crippen LogP contribution in [0.3, 0.4) is 0 Å². The van der Waals surface area contributed by atoms with E-state index in [4.69, 9.17) is 0 Å². The fourth-order valence-electron chi connectivity index (χ4n) is 2.94. The third kappa shape index (κ3) is 3.00. The molecule has 0 N–H and O–H groups in total. The van der Waals surface area contributed by atoms with Gasteiger partial charge in [-0.2, -0.15) is 18.3 Å². The Morgan fingerprint density at radius 1 is 1.08 bits per heavy atom. The molecule has 5 nitrogen and oxygen atoms in total. The van der Waals surface area contributed by atoms with Crippen LogP contribution in [0, 0.1) is 0 Å². The van der Waals surface area contributed by atoms with Gasteiger partial charge in [-0.25, -0.2) is 8.42 Å². The van der Waals surface area contributed by atoms with Crippen LogP contribution in [0.2, 0.25) is 0 Å². The molecule has 1 fully saturated rings. The monoisotopic (exact) mass is 359 g/mol. The van der Waals surface area contributed by atoms with Crippen molar-refractivity contribution in [2.24, 2.45) is 0 Å². The number of hydrogen-bond acceptors (Lipinski definition) is 4. The van der Waals surface area contributed by atoms with E-state index in [9.17, 15) is 21.6 Å². The zero-order chi connectivity index (χ0) is 17.4. The van der Waals surface area contributed by atoms with Gasteiger partial charge in [-0.1, -0.05) is 12.1 Å². The first-order valence-electron chi connectivity index (χ1n) is 7.45. The minimum absolute atomic E-state index is 0.105. The summed E-state index contributed by atoms with van der Waals surface area (Å²) in [5.41, 5.74) is -5.20. The van der Waals surface area contributed by atoms with Gasteiger partial charge in [0.2, 0.25) is 0 Å². The zero-order valence-corrected chi connectivity index (χ0v) is 13.5. The third-order valence-corrected chi connectivity index (χ3v) is 5.70. The standard InChI is InChI=1S/C15H16F3N3O2S/c16-15(17,18)24(22,23)14-5-2-1-4-13(14)20-10-6-12(7-11-20)21-9-3-8-19-21/h1-5,8-9,12H,6-7,10-11H2. The predicted octanol–water partition coefficient (Wildman–Crippen LogP) is 3.02.